The molecule has 2 rings (SSSR count). The van der Waals surface area contributed by atoms with Crippen LogP contribution in [-0.4, -0.2) is 6.54 Å². The minimum atomic E-state index is -4.66. The molecule has 1 N–H and O–H groups in total. The van der Waals surface area contributed by atoms with Crippen LogP contribution in [0.4, 0.5) is 17.6 Å². The van der Waals surface area contributed by atoms with Crippen molar-refractivity contribution < 1.29 is 17.6 Å². The molecule has 0 aliphatic heterocycles. The molecule has 0 aliphatic rings. The highest BCUT2D eigenvalue weighted by Gasteiger charge is 2.34. The molecule has 21 heavy (non-hydrogen) atoms. The smallest absolute Gasteiger partial charge is 0.312 e. The lowest BCUT2D eigenvalue weighted by molar-refractivity contribution is -0.140. The predicted octanol–water partition coefficient (Wildman–Crippen LogP) is 5.00. The molecule has 0 fully saturated rings. The van der Waals surface area contributed by atoms with E-state index >= 15 is 0 Å². The molecule has 1 heterocycles. The lowest BCUT2D eigenvalue weighted by atomic mass is 10.1. The molecule has 7 heteroatoms. The minimum absolute atomic E-state index is 0.274. The maximum Gasteiger partial charge on any atom is 0.419 e. The summed E-state index contributed by atoms with van der Waals surface area (Å²) in [4.78, 5) is 1.18. The third-order valence-electron chi connectivity index (χ3n) is 2.84. The number of benzene rings is 1. The van der Waals surface area contributed by atoms with E-state index in [1.807, 2.05) is 12.1 Å². The second-order valence-corrected chi connectivity index (χ2v) is 6.99. The fraction of sp³-hybridized carbons (Fsp3) is 0.286. The van der Waals surface area contributed by atoms with Crippen LogP contribution in [0.25, 0.3) is 0 Å². The van der Waals surface area contributed by atoms with Crippen molar-refractivity contribution >= 4 is 27.3 Å². The molecule has 1 aromatic carbocycles. The predicted molar refractivity (Wildman–Crippen MR) is 78.8 cm³/mol. The van der Waals surface area contributed by atoms with Crippen LogP contribution in [0.15, 0.2) is 34.1 Å². The average molecular weight is 382 g/mol. The molecular weight excluding hydrogens is 370 g/mol. The van der Waals surface area contributed by atoms with Crippen molar-refractivity contribution in [3.8, 4) is 0 Å². The Kier molecular flexibility index (Phi) is 5.40. The van der Waals surface area contributed by atoms with E-state index in [1.165, 1.54) is 10.9 Å². The topological polar surface area (TPSA) is 12.0 Å². The van der Waals surface area contributed by atoms with Gasteiger partial charge in [0.15, 0.2) is 0 Å². The molecule has 1 nitrogen and oxygen atoms in total. The average Bonchev–Trinajstić information content (AvgIpc) is 2.81. The fourth-order valence-electron chi connectivity index (χ4n) is 1.83. The van der Waals surface area contributed by atoms with E-state index in [0.717, 1.165) is 22.3 Å². The number of hydrogen-bond acceptors (Lipinski definition) is 2. The molecule has 0 amide bonds. The molecule has 0 atom stereocenters. The van der Waals surface area contributed by atoms with Crippen molar-refractivity contribution in [2.75, 3.05) is 6.54 Å². The highest BCUT2D eigenvalue weighted by atomic mass is 79.9. The Labute approximate surface area is 132 Å². The van der Waals surface area contributed by atoms with E-state index < -0.39 is 17.6 Å². The molecule has 2 aromatic rings. The van der Waals surface area contributed by atoms with Gasteiger partial charge in [0.2, 0.25) is 0 Å². The quantitative estimate of drug-likeness (QED) is 0.567. The number of halogens is 5. The highest BCUT2D eigenvalue weighted by molar-refractivity contribution is 9.11. The van der Waals surface area contributed by atoms with E-state index in [-0.39, 0.29) is 6.54 Å². The summed E-state index contributed by atoms with van der Waals surface area (Å²) >= 11 is 4.99. The van der Waals surface area contributed by atoms with Crippen LogP contribution in [0.3, 0.4) is 0 Å². The van der Waals surface area contributed by atoms with Gasteiger partial charge in [0, 0.05) is 18.0 Å². The zero-order chi connectivity index (χ0) is 15.5. The molecule has 1 aromatic heterocycles. The molecule has 0 radical (unpaired) electrons. The van der Waals surface area contributed by atoms with Gasteiger partial charge in [0.05, 0.1) is 9.35 Å². The summed E-state index contributed by atoms with van der Waals surface area (Å²) in [6.45, 7) is 0.918. The van der Waals surface area contributed by atoms with Crippen LogP contribution in [0.2, 0.25) is 0 Å². The van der Waals surface area contributed by atoms with Gasteiger partial charge in [-0.25, -0.2) is 4.39 Å². The van der Waals surface area contributed by atoms with E-state index in [0.29, 0.717) is 12.1 Å². The molecule has 0 saturated heterocycles. The van der Waals surface area contributed by atoms with Gasteiger partial charge in [0.1, 0.15) is 5.82 Å². The van der Waals surface area contributed by atoms with Crippen LogP contribution < -0.4 is 5.32 Å². The lowest BCUT2D eigenvalue weighted by Gasteiger charge is -2.10. The van der Waals surface area contributed by atoms with Crippen LogP contribution in [-0.2, 0) is 19.1 Å². The minimum Gasteiger partial charge on any atom is -0.312 e. The van der Waals surface area contributed by atoms with E-state index in [4.69, 9.17) is 0 Å². The second kappa shape index (κ2) is 6.89. The summed E-state index contributed by atoms with van der Waals surface area (Å²) in [6.07, 6.45) is -3.87. The van der Waals surface area contributed by atoms with Gasteiger partial charge in [-0.05, 0) is 52.2 Å². The fourth-order valence-corrected chi connectivity index (χ4v) is 3.31. The van der Waals surface area contributed by atoms with Gasteiger partial charge >= 0.3 is 6.18 Å². The monoisotopic (exact) mass is 381 g/mol. The first-order valence-electron chi connectivity index (χ1n) is 6.17. The standard InChI is InChI=1S/C14H12BrF4NS/c15-13-4-2-10(21-13)5-6-20-8-9-1-3-12(16)11(7-9)14(17,18)19/h1-4,7,20H,5-6,8H2. The third-order valence-corrected chi connectivity index (χ3v) is 4.53. The summed E-state index contributed by atoms with van der Waals surface area (Å²) in [5.74, 6) is -1.24. The summed E-state index contributed by atoms with van der Waals surface area (Å²) < 4.78 is 51.9. The first kappa shape index (κ1) is 16.5. The SMILES string of the molecule is Fc1ccc(CNCCc2ccc(Br)s2)cc1C(F)(F)F. The zero-order valence-corrected chi connectivity index (χ0v) is 13.2. The zero-order valence-electron chi connectivity index (χ0n) is 10.8. The van der Waals surface area contributed by atoms with Crippen LogP contribution >= 0.6 is 27.3 Å². The van der Waals surface area contributed by atoms with Gasteiger partial charge in [0.25, 0.3) is 0 Å². The van der Waals surface area contributed by atoms with Gasteiger partial charge in [-0.2, -0.15) is 13.2 Å². The Hall–Kier alpha value is -0.920. The molecule has 0 saturated carbocycles. The molecule has 0 bridgehead atoms. The second-order valence-electron chi connectivity index (χ2n) is 4.44. The maximum atomic E-state index is 13.1. The Bertz CT molecular complexity index is 609. The highest BCUT2D eigenvalue weighted by Crippen LogP contribution is 2.31. The van der Waals surface area contributed by atoms with Gasteiger partial charge in [-0.15, -0.1) is 11.3 Å². The van der Waals surface area contributed by atoms with Crippen molar-refractivity contribution in [1.82, 2.24) is 5.32 Å². The van der Waals surface area contributed by atoms with E-state index in [1.54, 1.807) is 11.3 Å². The van der Waals surface area contributed by atoms with Crippen LogP contribution in [0.5, 0.6) is 0 Å². The number of rotatable bonds is 5. The number of alkyl halides is 3. The normalized spacial score (nSPS) is 11.9. The molecular formula is C14H12BrF4NS. The summed E-state index contributed by atoms with van der Waals surface area (Å²) in [5, 5.41) is 3.06. The van der Waals surface area contributed by atoms with Crippen molar-refractivity contribution in [2.45, 2.75) is 19.1 Å². The van der Waals surface area contributed by atoms with Gasteiger partial charge < -0.3 is 5.32 Å². The van der Waals surface area contributed by atoms with Crippen molar-refractivity contribution in [2.24, 2.45) is 0 Å². The number of nitrogens with one attached hydrogen (secondary N) is 1. The molecule has 0 unspecified atom stereocenters. The molecule has 114 valence electrons. The molecule has 0 spiro atoms. The Morgan fingerprint density at radius 1 is 1.14 bits per heavy atom. The maximum absolute atomic E-state index is 13.1. The van der Waals surface area contributed by atoms with Gasteiger partial charge in [-0.1, -0.05) is 6.07 Å². The Morgan fingerprint density at radius 2 is 1.90 bits per heavy atom. The number of hydrogen-bond donors (Lipinski definition) is 1. The lowest BCUT2D eigenvalue weighted by Crippen LogP contribution is -2.17. The van der Waals surface area contributed by atoms with Crippen molar-refractivity contribution in [3.05, 3.63) is 55.9 Å². The first-order valence-corrected chi connectivity index (χ1v) is 7.78. The summed E-state index contributed by atoms with van der Waals surface area (Å²) in [6, 6.07) is 7.02. The third kappa shape index (κ3) is 4.79. The van der Waals surface area contributed by atoms with Crippen LogP contribution in [0.1, 0.15) is 16.0 Å². The largest absolute Gasteiger partial charge is 0.419 e. The molecule has 0 aliphatic carbocycles. The van der Waals surface area contributed by atoms with Crippen LogP contribution in [0, 0.1) is 5.82 Å². The summed E-state index contributed by atoms with van der Waals surface area (Å²) in [5.41, 5.74) is -0.805. The Morgan fingerprint density at radius 3 is 2.52 bits per heavy atom. The van der Waals surface area contributed by atoms with Crippen molar-refractivity contribution in [1.29, 1.82) is 0 Å². The van der Waals surface area contributed by atoms with Crippen molar-refractivity contribution in [3.63, 3.8) is 0 Å². The number of thiophene rings is 1. The first-order chi connectivity index (χ1) is 9.86. The van der Waals surface area contributed by atoms with Gasteiger partial charge in [-0.3, -0.25) is 0 Å². The Balaban J connectivity index is 1.89. The summed E-state index contributed by atoms with van der Waals surface area (Å²) in [7, 11) is 0. The van der Waals surface area contributed by atoms with E-state index in [9.17, 15) is 17.6 Å². The van der Waals surface area contributed by atoms with E-state index in [2.05, 4.69) is 21.2 Å².